The van der Waals surface area contributed by atoms with Gasteiger partial charge < -0.3 is 9.88 Å². The van der Waals surface area contributed by atoms with Crippen molar-refractivity contribution < 1.29 is 9.72 Å². The van der Waals surface area contributed by atoms with Gasteiger partial charge in [-0.3, -0.25) is 19.7 Å². The van der Waals surface area contributed by atoms with E-state index < -0.39 is 16.4 Å². The van der Waals surface area contributed by atoms with Gasteiger partial charge >= 0.3 is 0 Å². The van der Waals surface area contributed by atoms with Gasteiger partial charge in [0.05, 0.1) is 11.5 Å². The van der Waals surface area contributed by atoms with Gasteiger partial charge in [0.1, 0.15) is 5.56 Å². The number of amides is 1. The highest BCUT2D eigenvalue weighted by molar-refractivity contribution is 6.30. The summed E-state index contributed by atoms with van der Waals surface area (Å²) in [7, 11) is 0. The molecule has 1 N–H and O–H groups in total. The second-order valence-corrected chi connectivity index (χ2v) is 6.18. The van der Waals surface area contributed by atoms with E-state index in [-0.39, 0.29) is 17.8 Å². The molecule has 0 spiro atoms. The molecule has 0 bridgehead atoms. The fraction of sp³-hybridized carbons (Fsp3) is 0.0526. The number of benzene rings is 2. The summed E-state index contributed by atoms with van der Waals surface area (Å²) in [5.41, 5.74) is 0.624. The molecule has 0 radical (unpaired) electrons. The maximum atomic E-state index is 12.6. The van der Waals surface area contributed by atoms with E-state index in [0.717, 1.165) is 5.56 Å². The van der Waals surface area contributed by atoms with Crippen LogP contribution in [0.1, 0.15) is 15.9 Å². The Morgan fingerprint density at radius 3 is 2.52 bits per heavy atom. The SMILES string of the molecule is O=C(Nc1ccc([N+](=O)[O-])cc1)c1cccn(Cc2cccc(Cl)c2)c1=O. The molecule has 136 valence electrons. The van der Waals surface area contributed by atoms with Crippen LogP contribution in [0.25, 0.3) is 0 Å². The second-order valence-electron chi connectivity index (χ2n) is 5.74. The Bertz CT molecular complexity index is 1060. The first-order valence-corrected chi connectivity index (χ1v) is 8.31. The Morgan fingerprint density at radius 2 is 1.85 bits per heavy atom. The first-order valence-electron chi connectivity index (χ1n) is 7.94. The molecule has 1 aromatic heterocycles. The number of pyridine rings is 1. The summed E-state index contributed by atoms with van der Waals surface area (Å²) >= 11 is 5.96. The molecule has 0 unspecified atom stereocenters. The van der Waals surface area contributed by atoms with Gasteiger partial charge in [-0.2, -0.15) is 0 Å². The van der Waals surface area contributed by atoms with Crippen molar-refractivity contribution in [3.8, 4) is 0 Å². The third kappa shape index (κ3) is 4.39. The highest BCUT2D eigenvalue weighted by atomic mass is 35.5. The van der Waals surface area contributed by atoms with Crippen LogP contribution in [0.3, 0.4) is 0 Å². The Hall–Kier alpha value is -3.45. The summed E-state index contributed by atoms with van der Waals surface area (Å²) in [6.07, 6.45) is 1.59. The van der Waals surface area contributed by atoms with Crippen molar-refractivity contribution in [1.82, 2.24) is 4.57 Å². The number of rotatable bonds is 5. The minimum Gasteiger partial charge on any atom is -0.322 e. The molecule has 0 saturated carbocycles. The van der Waals surface area contributed by atoms with Gasteiger partial charge in [-0.05, 0) is 42.0 Å². The number of anilines is 1. The number of aromatic nitrogens is 1. The average Bonchev–Trinajstić information content (AvgIpc) is 2.64. The van der Waals surface area contributed by atoms with Crippen LogP contribution < -0.4 is 10.9 Å². The number of hydrogen-bond acceptors (Lipinski definition) is 4. The van der Waals surface area contributed by atoms with Gasteiger partial charge in [-0.25, -0.2) is 0 Å². The summed E-state index contributed by atoms with van der Waals surface area (Å²) < 4.78 is 1.41. The minimum absolute atomic E-state index is 0.0297. The van der Waals surface area contributed by atoms with E-state index in [9.17, 15) is 19.7 Å². The molecule has 3 rings (SSSR count). The lowest BCUT2D eigenvalue weighted by Crippen LogP contribution is -2.29. The topological polar surface area (TPSA) is 94.2 Å². The number of nitro groups is 1. The number of nitrogens with one attached hydrogen (secondary N) is 1. The molecule has 2 aromatic carbocycles. The minimum atomic E-state index is -0.589. The second kappa shape index (κ2) is 7.84. The van der Waals surface area contributed by atoms with E-state index in [1.165, 1.54) is 34.9 Å². The molecule has 0 saturated heterocycles. The average molecular weight is 384 g/mol. The maximum absolute atomic E-state index is 12.6. The standard InChI is InChI=1S/C19H14ClN3O4/c20-14-4-1-3-13(11-14)12-22-10-2-5-17(19(22)25)18(24)21-15-6-8-16(9-7-15)23(26)27/h1-11H,12H2,(H,21,24). The molecule has 1 amide bonds. The number of non-ortho nitro benzene ring substituents is 1. The Labute approximate surface area is 159 Å². The monoisotopic (exact) mass is 383 g/mol. The van der Waals surface area contributed by atoms with Gasteiger partial charge in [-0.15, -0.1) is 0 Å². The lowest BCUT2D eigenvalue weighted by atomic mass is 10.2. The van der Waals surface area contributed by atoms with Crippen molar-refractivity contribution in [2.24, 2.45) is 0 Å². The molecule has 27 heavy (non-hydrogen) atoms. The third-order valence-corrected chi connectivity index (χ3v) is 4.08. The van der Waals surface area contributed by atoms with Gasteiger partial charge in [-0.1, -0.05) is 23.7 Å². The van der Waals surface area contributed by atoms with Crippen LogP contribution in [0.2, 0.25) is 5.02 Å². The van der Waals surface area contributed by atoms with Crippen molar-refractivity contribution in [2.75, 3.05) is 5.32 Å². The zero-order valence-corrected chi connectivity index (χ0v) is 14.7. The predicted molar refractivity (Wildman–Crippen MR) is 102 cm³/mol. The predicted octanol–water partition coefficient (Wildman–Crippen LogP) is 3.71. The van der Waals surface area contributed by atoms with Crippen molar-refractivity contribution in [1.29, 1.82) is 0 Å². The van der Waals surface area contributed by atoms with Crippen LogP contribution >= 0.6 is 11.6 Å². The van der Waals surface area contributed by atoms with E-state index in [1.807, 2.05) is 6.07 Å². The van der Waals surface area contributed by atoms with Crippen molar-refractivity contribution >= 4 is 28.9 Å². The Morgan fingerprint density at radius 1 is 1.11 bits per heavy atom. The van der Waals surface area contributed by atoms with Crippen molar-refractivity contribution in [3.05, 3.63) is 103 Å². The Kier molecular flexibility index (Phi) is 5.33. The van der Waals surface area contributed by atoms with Gasteiger partial charge in [0.25, 0.3) is 17.2 Å². The van der Waals surface area contributed by atoms with Crippen LogP contribution in [0.4, 0.5) is 11.4 Å². The van der Waals surface area contributed by atoms with E-state index in [4.69, 9.17) is 11.6 Å². The van der Waals surface area contributed by atoms with Crippen LogP contribution in [-0.4, -0.2) is 15.4 Å². The number of nitrogens with zero attached hydrogens (tertiary/aromatic N) is 2. The maximum Gasteiger partial charge on any atom is 0.269 e. The summed E-state index contributed by atoms with van der Waals surface area (Å²) in [6.45, 7) is 0.276. The zero-order chi connectivity index (χ0) is 19.4. The smallest absolute Gasteiger partial charge is 0.269 e. The highest BCUT2D eigenvalue weighted by Gasteiger charge is 2.13. The van der Waals surface area contributed by atoms with Crippen LogP contribution in [-0.2, 0) is 6.54 Å². The van der Waals surface area contributed by atoms with Crippen molar-refractivity contribution in [3.63, 3.8) is 0 Å². The molecule has 3 aromatic rings. The zero-order valence-electron chi connectivity index (χ0n) is 14.0. The summed E-state index contributed by atoms with van der Waals surface area (Å²) in [6, 6.07) is 15.5. The largest absolute Gasteiger partial charge is 0.322 e. The number of halogens is 1. The highest BCUT2D eigenvalue weighted by Crippen LogP contribution is 2.16. The van der Waals surface area contributed by atoms with Gasteiger partial charge in [0.15, 0.2) is 0 Å². The summed E-state index contributed by atoms with van der Waals surface area (Å²) in [4.78, 5) is 35.2. The molecule has 0 aliphatic heterocycles. The Balaban J connectivity index is 1.81. The molecule has 0 atom stereocenters. The number of hydrogen-bond donors (Lipinski definition) is 1. The summed E-state index contributed by atoms with van der Waals surface area (Å²) in [5, 5.41) is 13.8. The molecule has 0 aliphatic rings. The van der Waals surface area contributed by atoms with Gasteiger partial charge in [0.2, 0.25) is 0 Å². The number of carbonyl (C=O) groups excluding carboxylic acids is 1. The molecule has 0 aliphatic carbocycles. The van der Waals surface area contributed by atoms with Crippen LogP contribution in [0.5, 0.6) is 0 Å². The number of carbonyl (C=O) groups is 1. The lowest BCUT2D eigenvalue weighted by molar-refractivity contribution is -0.384. The van der Waals surface area contributed by atoms with E-state index in [0.29, 0.717) is 10.7 Å². The molecule has 7 nitrogen and oxygen atoms in total. The van der Waals surface area contributed by atoms with Crippen molar-refractivity contribution in [2.45, 2.75) is 6.54 Å². The first-order chi connectivity index (χ1) is 12.9. The van der Waals surface area contributed by atoms with E-state index >= 15 is 0 Å². The summed E-state index contributed by atoms with van der Waals surface area (Å²) in [5.74, 6) is -0.589. The molecular formula is C19H14ClN3O4. The third-order valence-electron chi connectivity index (χ3n) is 3.84. The lowest BCUT2D eigenvalue weighted by Gasteiger charge is -2.09. The van der Waals surface area contributed by atoms with Gasteiger partial charge in [0, 0.05) is 29.0 Å². The number of nitro benzene ring substituents is 1. The van der Waals surface area contributed by atoms with E-state index in [2.05, 4.69) is 5.32 Å². The van der Waals surface area contributed by atoms with Crippen LogP contribution in [0.15, 0.2) is 71.7 Å². The van der Waals surface area contributed by atoms with Crippen LogP contribution in [0, 0.1) is 10.1 Å². The molecular weight excluding hydrogens is 370 g/mol. The molecule has 0 fully saturated rings. The fourth-order valence-electron chi connectivity index (χ4n) is 2.53. The van der Waals surface area contributed by atoms with E-state index in [1.54, 1.807) is 30.5 Å². The fourth-order valence-corrected chi connectivity index (χ4v) is 2.74. The normalized spacial score (nSPS) is 10.4. The first kappa shape index (κ1) is 18.3. The molecule has 1 heterocycles. The quantitative estimate of drug-likeness (QED) is 0.536. The molecule has 8 heteroatoms.